The summed E-state index contributed by atoms with van der Waals surface area (Å²) >= 11 is 1.70. The Kier molecular flexibility index (Phi) is 4.67. The molecule has 0 spiro atoms. The molecule has 2 aromatic rings. The fraction of sp³-hybridized carbons (Fsp3) is 0.308. The summed E-state index contributed by atoms with van der Waals surface area (Å²) in [6.07, 6.45) is 0.962. The van der Waals surface area contributed by atoms with Crippen LogP contribution >= 0.6 is 11.3 Å². The first-order valence-electron chi connectivity index (χ1n) is 5.81. The SMILES string of the molecule is NCCNCCc1csc(-c2ccccc2)n1. The maximum absolute atomic E-state index is 5.41. The normalized spacial score (nSPS) is 10.6. The van der Waals surface area contributed by atoms with Crippen molar-refractivity contribution in [2.45, 2.75) is 6.42 Å². The van der Waals surface area contributed by atoms with Gasteiger partial charge in [-0.1, -0.05) is 30.3 Å². The zero-order chi connectivity index (χ0) is 11.9. The van der Waals surface area contributed by atoms with E-state index in [9.17, 15) is 0 Å². The third-order valence-corrected chi connectivity index (χ3v) is 3.39. The van der Waals surface area contributed by atoms with Gasteiger partial charge in [0, 0.05) is 37.0 Å². The molecule has 1 aromatic heterocycles. The van der Waals surface area contributed by atoms with Crippen LogP contribution in [0, 0.1) is 0 Å². The summed E-state index contributed by atoms with van der Waals surface area (Å²) in [4.78, 5) is 4.63. The lowest BCUT2D eigenvalue weighted by Gasteiger charge is -1.99. The van der Waals surface area contributed by atoms with E-state index in [4.69, 9.17) is 5.73 Å². The number of benzene rings is 1. The highest BCUT2D eigenvalue weighted by atomic mass is 32.1. The molecule has 2 rings (SSSR count). The molecule has 3 nitrogen and oxygen atoms in total. The van der Waals surface area contributed by atoms with Crippen molar-refractivity contribution in [1.29, 1.82) is 0 Å². The number of thiazole rings is 1. The molecule has 0 fully saturated rings. The van der Waals surface area contributed by atoms with E-state index in [2.05, 4.69) is 27.8 Å². The zero-order valence-electron chi connectivity index (χ0n) is 9.73. The predicted octanol–water partition coefficient (Wildman–Crippen LogP) is 1.90. The zero-order valence-corrected chi connectivity index (χ0v) is 10.5. The minimum atomic E-state index is 0.687. The van der Waals surface area contributed by atoms with Gasteiger partial charge in [0.05, 0.1) is 5.69 Å². The van der Waals surface area contributed by atoms with Gasteiger partial charge in [0.25, 0.3) is 0 Å². The minimum absolute atomic E-state index is 0.687. The maximum Gasteiger partial charge on any atom is 0.123 e. The summed E-state index contributed by atoms with van der Waals surface area (Å²) < 4.78 is 0. The summed E-state index contributed by atoms with van der Waals surface area (Å²) in [5, 5.41) is 6.50. The van der Waals surface area contributed by atoms with Crippen molar-refractivity contribution in [3.8, 4) is 10.6 Å². The molecule has 0 aliphatic heterocycles. The van der Waals surface area contributed by atoms with Gasteiger partial charge in [-0.05, 0) is 0 Å². The average molecular weight is 247 g/mol. The number of hydrogen-bond donors (Lipinski definition) is 2. The first kappa shape index (κ1) is 12.2. The molecule has 3 N–H and O–H groups in total. The Morgan fingerprint density at radius 2 is 2.00 bits per heavy atom. The van der Waals surface area contributed by atoms with Crippen molar-refractivity contribution in [3.05, 3.63) is 41.4 Å². The van der Waals surface area contributed by atoms with Gasteiger partial charge in [-0.25, -0.2) is 4.98 Å². The molecule has 0 saturated heterocycles. The van der Waals surface area contributed by atoms with E-state index in [1.165, 1.54) is 5.56 Å². The van der Waals surface area contributed by atoms with Crippen molar-refractivity contribution < 1.29 is 0 Å². The van der Waals surface area contributed by atoms with E-state index in [-0.39, 0.29) is 0 Å². The first-order chi connectivity index (χ1) is 8.40. The topological polar surface area (TPSA) is 50.9 Å². The molecule has 0 amide bonds. The molecule has 17 heavy (non-hydrogen) atoms. The molecule has 0 saturated carbocycles. The molecular formula is C13H17N3S. The van der Waals surface area contributed by atoms with Crippen LogP contribution in [-0.4, -0.2) is 24.6 Å². The second kappa shape index (κ2) is 6.49. The van der Waals surface area contributed by atoms with Crippen LogP contribution in [0.15, 0.2) is 35.7 Å². The molecule has 4 heteroatoms. The van der Waals surface area contributed by atoms with Crippen LogP contribution < -0.4 is 11.1 Å². The number of rotatable bonds is 6. The standard InChI is InChI=1S/C13H17N3S/c14-7-9-15-8-6-12-10-17-13(16-12)11-4-2-1-3-5-11/h1-5,10,15H,6-9,14H2. The van der Waals surface area contributed by atoms with Crippen molar-refractivity contribution in [2.75, 3.05) is 19.6 Å². The van der Waals surface area contributed by atoms with Gasteiger partial charge in [-0.15, -0.1) is 11.3 Å². The van der Waals surface area contributed by atoms with Gasteiger partial charge in [0.1, 0.15) is 5.01 Å². The number of aromatic nitrogens is 1. The van der Waals surface area contributed by atoms with E-state index in [1.807, 2.05) is 18.2 Å². The summed E-state index contributed by atoms with van der Waals surface area (Å²) in [7, 11) is 0. The molecule has 0 aliphatic rings. The van der Waals surface area contributed by atoms with Crippen LogP contribution in [0.25, 0.3) is 10.6 Å². The predicted molar refractivity (Wildman–Crippen MR) is 73.2 cm³/mol. The van der Waals surface area contributed by atoms with Crippen molar-refractivity contribution in [3.63, 3.8) is 0 Å². The number of hydrogen-bond acceptors (Lipinski definition) is 4. The molecular weight excluding hydrogens is 230 g/mol. The van der Waals surface area contributed by atoms with E-state index >= 15 is 0 Å². The number of nitrogens with zero attached hydrogens (tertiary/aromatic N) is 1. The highest BCUT2D eigenvalue weighted by Crippen LogP contribution is 2.23. The van der Waals surface area contributed by atoms with Crippen LogP contribution in [0.5, 0.6) is 0 Å². The number of nitrogens with two attached hydrogens (primary N) is 1. The van der Waals surface area contributed by atoms with Gasteiger partial charge in [0.2, 0.25) is 0 Å². The van der Waals surface area contributed by atoms with Crippen LogP contribution in [0.2, 0.25) is 0 Å². The molecule has 0 bridgehead atoms. The Hall–Kier alpha value is -1.23. The monoisotopic (exact) mass is 247 g/mol. The molecule has 1 heterocycles. The van der Waals surface area contributed by atoms with Crippen LogP contribution in [-0.2, 0) is 6.42 Å². The Bertz CT molecular complexity index is 439. The van der Waals surface area contributed by atoms with Gasteiger partial charge >= 0.3 is 0 Å². The number of nitrogens with one attached hydrogen (secondary N) is 1. The highest BCUT2D eigenvalue weighted by Gasteiger charge is 2.03. The molecule has 0 radical (unpaired) electrons. The van der Waals surface area contributed by atoms with Crippen LogP contribution in [0.4, 0.5) is 0 Å². The fourth-order valence-electron chi connectivity index (χ4n) is 1.58. The van der Waals surface area contributed by atoms with Crippen LogP contribution in [0.3, 0.4) is 0 Å². The Balaban J connectivity index is 1.92. The van der Waals surface area contributed by atoms with Gasteiger partial charge in [-0.3, -0.25) is 0 Å². The van der Waals surface area contributed by atoms with Gasteiger partial charge in [0.15, 0.2) is 0 Å². The van der Waals surface area contributed by atoms with E-state index in [0.717, 1.165) is 30.2 Å². The van der Waals surface area contributed by atoms with Gasteiger partial charge < -0.3 is 11.1 Å². The summed E-state index contributed by atoms with van der Waals surface area (Å²) in [5.74, 6) is 0. The summed E-state index contributed by atoms with van der Waals surface area (Å²) in [6, 6.07) is 10.3. The molecule has 0 atom stereocenters. The highest BCUT2D eigenvalue weighted by molar-refractivity contribution is 7.13. The quantitative estimate of drug-likeness (QED) is 0.767. The maximum atomic E-state index is 5.41. The fourth-order valence-corrected chi connectivity index (χ4v) is 2.44. The molecule has 0 unspecified atom stereocenters. The minimum Gasteiger partial charge on any atom is -0.329 e. The van der Waals surface area contributed by atoms with E-state index < -0.39 is 0 Å². The van der Waals surface area contributed by atoms with Crippen molar-refractivity contribution >= 4 is 11.3 Å². The Labute approximate surface area is 106 Å². The van der Waals surface area contributed by atoms with E-state index in [1.54, 1.807) is 11.3 Å². The average Bonchev–Trinajstić information content (AvgIpc) is 2.85. The lowest BCUT2D eigenvalue weighted by molar-refractivity contribution is 0.684. The lowest BCUT2D eigenvalue weighted by Crippen LogP contribution is -2.24. The largest absolute Gasteiger partial charge is 0.329 e. The van der Waals surface area contributed by atoms with Crippen LogP contribution in [0.1, 0.15) is 5.69 Å². The smallest absolute Gasteiger partial charge is 0.123 e. The molecule has 0 aliphatic carbocycles. The van der Waals surface area contributed by atoms with Crippen molar-refractivity contribution in [1.82, 2.24) is 10.3 Å². The Morgan fingerprint density at radius 1 is 1.18 bits per heavy atom. The third-order valence-electron chi connectivity index (χ3n) is 2.45. The second-order valence-corrected chi connectivity index (χ2v) is 4.66. The van der Waals surface area contributed by atoms with E-state index in [0.29, 0.717) is 6.54 Å². The second-order valence-electron chi connectivity index (χ2n) is 3.80. The third kappa shape index (κ3) is 3.63. The summed E-state index contributed by atoms with van der Waals surface area (Å²) in [6.45, 7) is 2.50. The van der Waals surface area contributed by atoms with Gasteiger partial charge in [-0.2, -0.15) is 0 Å². The summed E-state index contributed by atoms with van der Waals surface area (Å²) in [5.41, 5.74) is 7.76. The molecule has 90 valence electrons. The Morgan fingerprint density at radius 3 is 2.76 bits per heavy atom. The first-order valence-corrected chi connectivity index (χ1v) is 6.68. The van der Waals surface area contributed by atoms with Crippen molar-refractivity contribution in [2.24, 2.45) is 5.73 Å². The lowest BCUT2D eigenvalue weighted by atomic mass is 10.2. The molecule has 1 aromatic carbocycles.